The summed E-state index contributed by atoms with van der Waals surface area (Å²) >= 11 is 0. The van der Waals surface area contributed by atoms with Gasteiger partial charge in [0.2, 0.25) is 0 Å². The summed E-state index contributed by atoms with van der Waals surface area (Å²) in [7, 11) is 0. The third-order valence-electron chi connectivity index (χ3n) is 3.93. The first-order valence-electron chi connectivity index (χ1n) is 5.97. The van der Waals surface area contributed by atoms with E-state index in [9.17, 15) is 0 Å². The lowest BCUT2D eigenvalue weighted by atomic mass is 10.2. The zero-order valence-electron chi connectivity index (χ0n) is 9.52. The lowest BCUT2D eigenvalue weighted by Crippen LogP contribution is -2.43. The second-order valence-electron chi connectivity index (χ2n) is 4.90. The smallest absolute Gasteiger partial charge is 0.0455 e. The van der Waals surface area contributed by atoms with E-state index >= 15 is 0 Å². The Bertz CT molecular complexity index is 536. The third-order valence-corrected chi connectivity index (χ3v) is 3.93. The zero-order chi connectivity index (χ0) is 10.5. The quantitative estimate of drug-likeness (QED) is 0.812. The number of anilines is 1. The summed E-state index contributed by atoms with van der Waals surface area (Å²) in [4.78, 5) is 5.79. The molecule has 17 heavy (non-hydrogen) atoms. The predicted octanol–water partition coefficient (Wildman–Crippen LogP) is 2.14. The Morgan fingerprint density at radius 3 is 2.94 bits per heavy atom. The van der Waals surface area contributed by atoms with Crippen molar-refractivity contribution in [2.24, 2.45) is 0 Å². The van der Waals surface area contributed by atoms with E-state index in [1.165, 1.54) is 29.6 Å². The van der Waals surface area contributed by atoms with Crippen LogP contribution in [0.25, 0.3) is 10.9 Å². The monoisotopic (exact) mass is 249 g/mol. The number of benzene rings is 1. The molecule has 0 unspecified atom stereocenters. The summed E-state index contributed by atoms with van der Waals surface area (Å²) in [5.41, 5.74) is 2.60. The molecular weight excluding hydrogens is 234 g/mol. The van der Waals surface area contributed by atoms with E-state index in [-0.39, 0.29) is 12.4 Å². The molecule has 4 heteroatoms. The van der Waals surface area contributed by atoms with Crippen LogP contribution in [0, 0.1) is 0 Å². The Labute approximate surface area is 107 Å². The molecule has 0 spiro atoms. The van der Waals surface area contributed by atoms with Gasteiger partial charge in [-0.3, -0.25) is 0 Å². The Balaban J connectivity index is 0.000000902. The summed E-state index contributed by atoms with van der Waals surface area (Å²) in [6.45, 7) is 2.32. The fourth-order valence-electron chi connectivity index (χ4n) is 3.10. The van der Waals surface area contributed by atoms with Gasteiger partial charge in [-0.2, -0.15) is 0 Å². The van der Waals surface area contributed by atoms with Crippen molar-refractivity contribution in [3.8, 4) is 0 Å². The first kappa shape index (κ1) is 10.9. The summed E-state index contributed by atoms with van der Waals surface area (Å²) in [5.74, 6) is 0. The summed E-state index contributed by atoms with van der Waals surface area (Å²) in [5, 5.41) is 4.85. The minimum atomic E-state index is 0. The number of nitrogens with one attached hydrogen (secondary N) is 2. The van der Waals surface area contributed by atoms with Gasteiger partial charge in [0.25, 0.3) is 0 Å². The number of halogens is 1. The van der Waals surface area contributed by atoms with Crippen LogP contribution in [0.5, 0.6) is 0 Å². The van der Waals surface area contributed by atoms with Gasteiger partial charge in [-0.25, -0.2) is 0 Å². The maximum atomic E-state index is 3.54. The van der Waals surface area contributed by atoms with Crippen molar-refractivity contribution in [3.63, 3.8) is 0 Å². The molecule has 2 atom stereocenters. The Morgan fingerprint density at radius 2 is 2.18 bits per heavy atom. The lowest BCUT2D eigenvalue weighted by Gasteiger charge is -2.29. The van der Waals surface area contributed by atoms with E-state index in [0.717, 1.165) is 6.54 Å². The molecule has 3 heterocycles. The first-order valence-corrected chi connectivity index (χ1v) is 5.97. The molecule has 1 aromatic carbocycles. The molecular formula is C13H16ClN3. The normalized spacial score (nSPS) is 26.5. The molecule has 2 aliphatic rings. The topological polar surface area (TPSA) is 31.1 Å². The van der Waals surface area contributed by atoms with Gasteiger partial charge < -0.3 is 15.2 Å². The van der Waals surface area contributed by atoms with E-state index in [1.54, 1.807) is 0 Å². The molecule has 3 nitrogen and oxygen atoms in total. The fourth-order valence-corrected chi connectivity index (χ4v) is 3.10. The highest BCUT2D eigenvalue weighted by Gasteiger charge is 2.37. The summed E-state index contributed by atoms with van der Waals surface area (Å²) < 4.78 is 0. The molecule has 2 aromatic rings. The molecule has 2 N–H and O–H groups in total. The van der Waals surface area contributed by atoms with Crippen LogP contribution in [0.2, 0.25) is 0 Å². The van der Waals surface area contributed by atoms with E-state index in [2.05, 4.69) is 39.5 Å². The molecule has 2 aliphatic heterocycles. The summed E-state index contributed by atoms with van der Waals surface area (Å²) in [6, 6.07) is 10.3. The molecule has 0 amide bonds. The molecule has 90 valence electrons. The van der Waals surface area contributed by atoms with Gasteiger partial charge in [0, 0.05) is 48.0 Å². The van der Waals surface area contributed by atoms with E-state index < -0.39 is 0 Å². The molecule has 0 aliphatic carbocycles. The van der Waals surface area contributed by atoms with Crippen molar-refractivity contribution in [1.82, 2.24) is 10.3 Å². The first-order chi connectivity index (χ1) is 7.90. The van der Waals surface area contributed by atoms with E-state index in [0.29, 0.717) is 12.1 Å². The van der Waals surface area contributed by atoms with Crippen LogP contribution in [-0.4, -0.2) is 30.2 Å². The zero-order valence-corrected chi connectivity index (χ0v) is 10.3. The van der Waals surface area contributed by atoms with Crippen molar-refractivity contribution in [2.75, 3.05) is 18.0 Å². The van der Waals surface area contributed by atoms with Crippen LogP contribution >= 0.6 is 12.4 Å². The van der Waals surface area contributed by atoms with E-state index in [4.69, 9.17) is 0 Å². The van der Waals surface area contributed by atoms with Gasteiger partial charge in [0.05, 0.1) is 0 Å². The standard InChI is InChI=1S/C13H15N3.ClH/c1-2-13-9(3-4-14-13)5-11(1)16-8-10-6-12(16)7-15-10;/h1-5,10,12,14-15H,6-8H2;1H/t10-,12-;/m0./s1. The van der Waals surface area contributed by atoms with Crippen LogP contribution < -0.4 is 10.2 Å². The Morgan fingerprint density at radius 1 is 1.24 bits per heavy atom. The van der Waals surface area contributed by atoms with Gasteiger partial charge in [-0.05, 0) is 30.7 Å². The highest BCUT2D eigenvalue weighted by molar-refractivity contribution is 5.85. The van der Waals surface area contributed by atoms with Gasteiger partial charge in [-0.1, -0.05) is 0 Å². The van der Waals surface area contributed by atoms with E-state index in [1.807, 2.05) is 6.20 Å². The lowest BCUT2D eigenvalue weighted by molar-refractivity contribution is 0.580. The summed E-state index contributed by atoms with van der Waals surface area (Å²) in [6.07, 6.45) is 3.32. The van der Waals surface area contributed by atoms with Crippen molar-refractivity contribution in [2.45, 2.75) is 18.5 Å². The Kier molecular flexibility index (Phi) is 2.53. The van der Waals surface area contributed by atoms with Crippen molar-refractivity contribution < 1.29 is 0 Å². The molecule has 2 saturated heterocycles. The number of rotatable bonds is 1. The number of H-pyrrole nitrogens is 1. The molecule has 2 fully saturated rings. The van der Waals surface area contributed by atoms with Gasteiger partial charge >= 0.3 is 0 Å². The number of hydrogen-bond acceptors (Lipinski definition) is 2. The minimum absolute atomic E-state index is 0. The maximum absolute atomic E-state index is 3.54. The fraction of sp³-hybridized carbons (Fsp3) is 0.385. The minimum Gasteiger partial charge on any atom is -0.366 e. The van der Waals surface area contributed by atoms with Crippen molar-refractivity contribution in [3.05, 3.63) is 30.5 Å². The average Bonchev–Trinajstić information content (AvgIpc) is 3.03. The number of nitrogens with zero attached hydrogens (tertiary/aromatic N) is 1. The van der Waals surface area contributed by atoms with Crippen LogP contribution in [0.3, 0.4) is 0 Å². The number of aromatic nitrogens is 1. The van der Waals surface area contributed by atoms with Crippen molar-refractivity contribution >= 4 is 29.0 Å². The van der Waals surface area contributed by atoms with Crippen LogP contribution in [-0.2, 0) is 0 Å². The van der Waals surface area contributed by atoms with Crippen molar-refractivity contribution in [1.29, 1.82) is 0 Å². The average molecular weight is 250 g/mol. The number of hydrogen-bond donors (Lipinski definition) is 2. The van der Waals surface area contributed by atoms with Crippen LogP contribution in [0.1, 0.15) is 6.42 Å². The largest absolute Gasteiger partial charge is 0.366 e. The maximum Gasteiger partial charge on any atom is 0.0455 e. The number of piperazine rings is 1. The Hall–Kier alpha value is -1.19. The molecule has 0 radical (unpaired) electrons. The number of aromatic amines is 1. The van der Waals surface area contributed by atoms with Gasteiger partial charge in [-0.15, -0.1) is 12.4 Å². The molecule has 2 bridgehead atoms. The molecule has 4 rings (SSSR count). The third kappa shape index (κ3) is 1.61. The highest BCUT2D eigenvalue weighted by Crippen LogP contribution is 2.31. The van der Waals surface area contributed by atoms with Gasteiger partial charge in [0.15, 0.2) is 0 Å². The highest BCUT2D eigenvalue weighted by atomic mass is 35.5. The second-order valence-corrected chi connectivity index (χ2v) is 4.90. The number of fused-ring (bicyclic) bond motifs is 3. The molecule has 1 aromatic heterocycles. The predicted molar refractivity (Wildman–Crippen MR) is 73.1 cm³/mol. The second kappa shape index (κ2) is 3.93. The van der Waals surface area contributed by atoms with Gasteiger partial charge in [0.1, 0.15) is 0 Å². The SMILES string of the molecule is Cl.c1cc2cc(N3C[C@@H]4C[C@H]3CN4)ccc2[nH]1. The molecule has 0 saturated carbocycles. The van der Waals surface area contributed by atoms with Crippen LogP contribution in [0.4, 0.5) is 5.69 Å². The van der Waals surface area contributed by atoms with Crippen LogP contribution in [0.15, 0.2) is 30.5 Å².